The second-order valence-corrected chi connectivity index (χ2v) is 19.9. The molecule has 0 fully saturated rings. The third-order valence-corrected chi connectivity index (χ3v) is 13.4. The summed E-state index contributed by atoms with van der Waals surface area (Å²) in [6, 6.07) is 0. The summed E-state index contributed by atoms with van der Waals surface area (Å²) >= 11 is 0. The lowest BCUT2D eigenvalue weighted by Crippen LogP contribution is -2.30. The molecule has 0 aliphatic heterocycles. The molecule has 64 heavy (non-hydrogen) atoms. The zero-order valence-electron chi connectivity index (χ0n) is 43.6. The number of hydrogen-bond donors (Lipinski definition) is 0. The Labute approximate surface area is 399 Å². The Kier molecular flexibility index (Phi) is 52.7. The van der Waals surface area contributed by atoms with E-state index in [1.165, 1.54) is 238 Å². The van der Waals surface area contributed by atoms with Crippen molar-refractivity contribution in [2.45, 2.75) is 341 Å². The molecule has 1 atom stereocenters. The molecule has 0 saturated heterocycles. The van der Waals surface area contributed by atoms with Gasteiger partial charge in [-0.25, -0.2) is 0 Å². The molecule has 0 bridgehead atoms. The monoisotopic (exact) mass is 905 g/mol. The first-order valence-corrected chi connectivity index (χ1v) is 29.0. The predicted molar refractivity (Wildman–Crippen MR) is 275 cm³/mol. The summed E-state index contributed by atoms with van der Waals surface area (Å²) in [6.45, 7) is 6.67. The van der Waals surface area contributed by atoms with Gasteiger partial charge >= 0.3 is 17.9 Å². The largest absolute Gasteiger partial charge is 0.462 e. The van der Waals surface area contributed by atoms with E-state index in [0.717, 1.165) is 57.8 Å². The van der Waals surface area contributed by atoms with Crippen LogP contribution in [0.5, 0.6) is 0 Å². The van der Waals surface area contributed by atoms with E-state index < -0.39 is 6.10 Å². The highest BCUT2D eigenvalue weighted by molar-refractivity contribution is 5.71. The summed E-state index contributed by atoms with van der Waals surface area (Å²) < 4.78 is 16.8. The molecule has 6 nitrogen and oxygen atoms in total. The third-order valence-electron chi connectivity index (χ3n) is 13.4. The van der Waals surface area contributed by atoms with E-state index in [2.05, 4.69) is 20.8 Å². The summed E-state index contributed by atoms with van der Waals surface area (Å²) in [4.78, 5) is 37.9. The summed E-state index contributed by atoms with van der Waals surface area (Å²) in [5, 5.41) is 0. The van der Waals surface area contributed by atoms with Crippen LogP contribution in [0.25, 0.3) is 0 Å². The Morgan fingerprint density at radius 3 is 0.625 bits per heavy atom. The van der Waals surface area contributed by atoms with Gasteiger partial charge < -0.3 is 14.2 Å². The maximum Gasteiger partial charge on any atom is 0.306 e. The zero-order chi connectivity index (χ0) is 46.5. The van der Waals surface area contributed by atoms with E-state index in [4.69, 9.17) is 14.2 Å². The van der Waals surface area contributed by atoms with Crippen LogP contribution in [0, 0.1) is 0 Å². The average Bonchev–Trinajstić information content (AvgIpc) is 3.29. The topological polar surface area (TPSA) is 78.9 Å². The van der Waals surface area contributed by atoms with E-state index in [0.29, 0.717) is 19.3 Å². The minimum atomic E-state index is -0.759. The fraction of sp³-hybridized carbons (Fsp3) is 0.948. The molecule has 0 aliphatic carbocycles. The second-order valence-electron chi connectivity index (χ2n) is 19.9. The van der Waals surface area contributed by atoms with Gasteiger partial charge in [0.25, 0.3) is 0 Å². The van der Waals surface area contributed by atoms with Crippen LogP contribution in [0.3, 0.4) is 0 Å². The summed E-state index contributed by atoms with van der Waals surface area (Å²) in [5.41, 5.74) is 0. The summed E-state index contributed by atoms with van der Waals surface area (Å²) in [7, 11) is 0. The molecule has 0 aliphatic rings. The molecule has 0 aromatic carbocycles. The van der Waals surface area contributed by atoms with Crippen LogP contribution in [0.1, 0.15) is 335 Å². The molecule has 0 amide bonds. The quantitative estimate of drug-likeness (QED) is 0.0344. The minimum Gasteiger partial charge on any atom is -0.462 e. The average molecular weight is 906 g/mol. The van der Waals surface area contributed by atoms with Crippen LogP contribution < -0.4 is 0 Å². The molecular weight excluding hydrogens is 793 g/mol. The number of esters is 3. The van der Waals surface area contributed by atoms with Gasteiger partial charge in [0.15, 0.2) is 6.10 Å². The van der Waals surface area contributed by atoms with Crippen LogP contribution in [0.4, 0.5) is 0 Å². The first-order valence-electron chi connectivity index (χ1n) is 29.0. The molecule has 0 heterocycles. The summed E-state index contributed by atoms with van der Waals surface area (Å²) in [5.74, 6) is -0.842. The van der Waals surface area contributed by atoms with Crippen molar-refractivity contribution in [1.82, 2.24) is 0 Å². The van der Waals surface area contributed by atoms with Crippen molar-refractivity contribution in [3.63, 3.8) is 0 Å². The smallest absolute Gasteiger partial charge is 0.306 e. The normalized spacial score (nSPS) is 11.9. The van der Waals surface area contributed by atoms with Crippen LogP contribution in [-0.4, -0.2) is 37.2 Å². The second kappa shape index (κ2) is 54.0. The Hall–Kier alpha value is -1.59. The number of hydrogen-bond acceptors (Lipinski definition) is 6. The van der Waals surface area contributed by atoms with Crippen LogP contribution in [0.2, 0.25) is 0 Å². The van der Waals surface area contributed by atoms with Gasteiger partial charge in [-0.2, -0.15) is 0 Å². The number of carbonyl (C=O) groups is 3. The molecule has 0 aromatic rings. The maximum absolute atomic E-state index is 12.7. The van der Waals surface area contributed by atoms with E-state index >= 15 is 0 Å². The highest BCUT2D eigenvalue weighted by Crippen LogP contribution is 2.18. The van der Waals surface area contributed by atoms with Crippen molar-refractivity contribution >= 4 is 17.9 Å². The first-order chi connectivity index (χ1) is 31.5. The molecule has 0 spiro atoms. The van der Waals surface area contributed by atoms with Gasteiger partial charge in [0.05, 0.1) is 0 Å². The summed E-state index contributed by atoms with van der Waals surface area (Å²) in [6.07, 6.45) is 59.8. The standard InChI is InChI=1S/C58H112O6/c1-4-7-10-13-16-19-22-23-24-25-26-27-28-29-30-31-32-33-34-35-36-37-40-42-45-48-51-57(60)63-54-55(64-58(61)52-49-46-43-39-21-18-15-12-9-6-3)53-62-56(59)50-47-44-41-38-20-17-14-11-8-5-2/h55H,4-54H2,1-3H3. The lowest BCUT2D eigenvalue weighted by Gasteiger charge is -2.18. The predicted octanol–water partition coefficient (Wildman–Crippen LogP) is 19.2. The van der Waals surface area contributed by atoms with Gasteiger partial charge in [-0.1, -0.05) is 297 Å². The van der Waals surface area contributed by atoms with Gasteiger partial charge in [0, 0.05) is 19.3 Å². The fourth-order valence-electron chi connectivity index (χ4n) is 8.98. The molecule has 0 N–H and O–H groups in total. The van der Waals surface area contributed by atoms with Crippen molar-refractivity contribution in [2.24, 2.45) is 0 Å². The van der Waals surface area contributed by atoms with Crippen LogP contribution >= 0.6 is 0 Å². The Morgan fingerprint density at radius 1 is 0.250 bits per heavy atom. The van der Waals surface area contributed by atoms with Gasteiger partial charge in [0.1, 0.15) is 13.2 Å². The highest BCUT2D eigenvalue weighted by Gasteiger charge is 2.19. The van der Waals surface area contributed by atoms with Gasteiger partial charge in [0.2, 0.25) is 0 Å². The fourth-order valence-corrected chi connectivity index (χ4v) is 8.98. The number of carbonyl (C=O) groups excluding carboxylic acids is 3. The highest BCUT2D eigenvalue weighted by atomic mass is 16.6. The number of unbranched alkanes of at least 4 members (excludes halogenated alkanes) is 43. The Morgan fingerprint density at radius 2 is 0.422 bits per heavy atom. The number of rotatable bonds is 54. The van der Waals surface area contributed by atoms with Crippen molar-refractivity contribution in [2.75, 3.05) is 13.2 Å². The molecular formula is C58H112O6. The lowest BCUT2D eigenvalue weighted by atomic mass is 10.0. The third kappa shape index (κ3) is 51.4. The van der Waals surface area contributed by atoms with Crippen LogP contribution in [-0.2, 0) is 28.6 Å². The molecule has 0 radical (unpaired) electrons. The van der Waals surface area contributed by atoms with Gasteiger partial charge in [-0.05, 0) is 19.3 Å². The Bertz CT molecular complexity index is 951. The molecule has 0 rings (SSSR count). The maximum atomic E-state index is 12.7. The SMILES string of the molecule is CCCCCCCCCCCCCCCCCCCCCCCCCCCCC(=O)OCC(COC(=O)CCCCCCCCCCCC)OC(=O)CCCCCCCCCCCC. The molecule has 380 valence electrons. The van der Waals surface area contributed by atoms with Crippen molar-refractivity contribution in [3.8, 4) is 0 Å². The molecule has 0 saturated carbocycles. The van der Waals surface area contributed by atoms with Crippen molar-refractivity contribution < 1.29 is 28.6 Å². The van der Waals surface area contributed by atoms with Gasteiger partial charge in [-0.15, -0.1) is 0 Å². The van der Waals surface area contributed by atoms with Crippen LogP contribution in [0.15, 0.2) is 0 Å². The zero-order valence-corrected chi connectivity index (χ0v) is 43.6. The van der Waals surface area contributed by atoms with E-state index in [1.807, 2.05) is 0 Å². The van der Waals surface area contributed by atoms with Gasteiger partial charge in [-0.3, -0.25) is 14.4 Å². The molecule has 0 aromatic heterocycles. The van der Waals surface area contributed by atoms with E-state index in [-0.39, 0.29) is 31.1 Å². The molecule has 6 heteroatoms. The lowest BCUT2D eigenvalue weighted by molar-refractivity contribution is -0.167. The first kappa shape index (κ1) is 62.4. The molecule has 1 unspecified atom stereocenters. The van der Waals surface area contributed by atoms with Crippen molar-refractivity contribution in [1.29, 1.82) is 0 Å². The Balaban J connectivity index is 4.03. The van der Waals surface area contributed by atoms with E-state index in [9.17, 15) is 14.4 Å². The van der Waals surface area contributed by atoms with Crippen molar-refractivity contribution in [3.05, 3.63) is 0 Å². The van der Waals surface area contributed by atoms with E-state index in [1.54, 1.807) is 0 Å². The minimum absolute atomic E-state index is 0.0619. The number of ether oxygens (including phenoxy) is 3.